The van der Waals surface area contributed by atoms with Crippen LogP contribution in [0, 0.1) is 12.3 Å². The van der Waals surface area contributed by atoms with Crippen molar-refractivity contribution >= 4 is 34.8 Å². The number of anilines is 2. The zero-order chi connectivity index (χ0) is 21.8. The van der Waals surface area contributed by atoms with E-state index in [0.29, 0.717) is 28.8 Å². The lowest BCUT2D eigenvalue weighted by atomic mass is 10.1. The molecule has 1 fully saturated rings. The molecule has 1 aromatic heterocycles. The van der Waals surface area contributed by atoms with Gasteiger partial charge in [0.2, 0.25) is 0 Å². The third-order valence-electron chi connectivity index (χ3n) is 5.27. The minimum absolute atomic E-state index is 0.237. The molecule has 1 amide bonds. The monoisotopic (exact) mass is 433 g/mol. The predicted molar refractivity (Wildman–Crippen MR) is 125 cm³/mol. The van der Waals surface area contributed by atoms with Crippen molar-refractivity contribution in [1.82, 2.24) is 9.88 Å². The summed E-state index contributed by atoms with van der Waals surface area (Å²) in [5.41, 5.74) is 4.29. The van der Waals surface area contributed by atoms with Gasteiger partial charge in [0.15, 0.2) is 0 Å². The van der Waals surface area contributed by atoms with Crippen LogP contribution in [0.5, 0.6) is 0 Å². The van der Waals surface area contributed by atoms with E-state index in [-0.39, 0.29) is 5.91 Å². The number of hydrogen-bond donors (Lipinski definition) is 3. The zero-order valence-electron chi connectivity index (χ0n) is 17.3. The molecule has 0 unspecified atom stereocenters. The number of aromatic nitrogens is 1. The SMILES string of the molecule is Cc1ccc(NCc2ccc(C(=N)N3CCC3)cc2)c(C(=O)Nc2ccc(Cl)cn2)c1. The second kappa shape index (κ2) is 9.18. The van der Waals surface area contributed by atoms with Gasteiger partial charge in [0, 0.05) is 37.1 Å². The van der Waals surface area contributed by atoms with Crippen LogP contribution < -0.4 is 10.6 Å². The number of aryl methyl sites for hydroxylation is 1. The highest BCUT2D eigenvalue weighted by Gasteiger charge is 2.18. The average Bonchev–Trinajstić information content (AvgIpc) is 2.73. The number of pyridine rings is 1. The number of benzene rings is 2. The van der Waals surface area contributed by atoms with Gasteiger partial charge in [0.1, 0.15) is 11.7 Å². The molecule has 4 rings (SSSR count). The Bertz CT molecular complexity index is 1090. The zero-order valence-corrected chi connectivity index (χ0v) is 18.0. The first-order valence-corrected chi connectivity index (χ1v) is 10.6. The highest BCUT2D eigenvalue weighted by Crippen LogP contribution is 2.21. The van der Waals surface area contributed by atoms with E-state index < -0.39 is 0 Å². The second-order valence-corrected chi connectivity index (χ2v) is 8.04. The number of amides is 1. The van der Waals surface area contributed by atoms with Gasteiger partial charge in [-0.05, 0) is 43.2 Å². The van der Waals surface area contributed by atoms with E-state index in [9.17, 15) is 4.79 Å². The van der Waals surface area contributed by atoms with Crippen LogP contribution in [-0.2, 0) is 6.54 Å². The fraction of sp³-hybridized carbons (Fsp3) is 0.208. The summed E-state index contributed by atoms with van der Waals surface area (Å²) in [4.78, 5) is 19.0. The lowest BCUT2D eigenvalue weighted by Crippen LogP contribution is -2.42. The molecule has 3 N–H and O–H groups in total. The first kappa shape index (κ1) is 20.9. The average molecular weight is 434 g/mol. The summed E-state index contributed by atoms with van der Waals surface area (Å²) in [5, 5.41) is 14.9. The maximum Gasteiger partial charge on any atom is 0.258 e. The van der Waals surface area contributed by atoms with Crippen LogP contribution in [0.4, 0.5) is 11.5 Å². The molecule has 0 saturated carbocycles. The Balaban J connectivity index is 1.44. The predicted octanol–water partition coefficient (Wildman–Crippen LogP) is 4.94. The van der Waals surface area contributed by atoms with E-state index in [1.54, 1.807) is 12.1 Å². The summed E-state index contributed by atoms with van der Waals surface area (Å²) in [6, 6.07) is 17.1. The molecule has 0 aliphatic carbocycles. The van der Waals surface area contributed by atoms with Gasteiger partial charge in [-0.1, -0.05) is 47.5 Å². The van der Waals surface area contributed by atoms with Gasteiger partial charge < -0.3 is 15.5 Å². The Morgan fingerprint density at radius 1 is 1.13 bits per heavy atom. The number of halogens is 1. The first-order chi connectivity index (χ1) is 15.0. The van der Waals surface area contributed by atoms with Gasteiger partial charge in [0.25, 0.3) is 5.91 Å². The summed E-state index contributed by atoms with van der Waals surface area (Å²) in [5.74, 6) is 0.792. The van der Waals surface area contributed by atoms with E-state index in [4.69, 9.17) is 17.0 Å². The third kappa shape index (κ3) is 5.03. The van der Waals surface area contributed by atoms with Crippen molar-refractivity contribution in [3.8, 4) is 0 Å². The number of nitrogens with one attached hydrogen (secondary N) is 3. The van der Waals surface area contributed by atoms with Gasteiger partial charge >= 0.3 is 0 Å². The van der Waals surface area contributed by atoms with Gasteiger partial charge in [0.05, 0.1) is 10.6 Å². The number of carbonyl (C=O) groups is 1. The normalized spacial score (nSPS) is 12.8. The highest BCUT2D eigenvalue weighted by molar-refractivity contribution is 6.30. The lowest BCUT2D eigenvalue weighted by molar-refractivity contribution is 0.102. The van der Waals surface area contributed by atoms with E-state index in [2.05, 4.69) is 20.5 Å². The van der Waals surface area contributed by atoms with Crippen molar-refractivity contribution < 1.29 is 4.79 Å². The molecule has 6 nitrogen and oxygen atoms in total. The highest BCUT2D eigenvalue weighted by atomic mass is 35.5. The molecular weight excluding hydrogens is 410 g/mol. The topological polar surface area (TPSA) is 81.1 Å². The van der Waals surface area contributed by atoms with E-state index in [1.807, 2.05) is 49.4 Å². The molecule has 0 spiro atoms. The third-order valence-corrected chi connectivity index (χ3v) is 5.49. The lowest BCUT2D eigenvalue weighted by Gasteiger charge is -2.33. The molecule has 1 saturated heterocycles. The molecule has 0 atom stereocenters. The largest absolute Gasteiger partial charge is 0.380 e. The molecule has 1 aliphatic rings. The minimum atomic E-state index is -0.237. The van der Waals surface area contributed by atoms with Crippen molar-refractivity contribution in [3.63, 3.8) is 0 Å². The summed E-state index contributed by atoms with van der Waals surface area (Å²) in [6.45, 7) is 4.45. The van der Waals surface area contributed by atoms with Crippen LogP contribution >= 0.6 is 11.6 Å². The van der Waals surface area contributed by atoms with Gasteiger partial charge in [-0.15, -0.1) is 0 Å². The van der Waals surface area contributed by atoms with Crippen LogP contribution in [0.3, 0.4) is 0 Å². The summed E-state index contributed by atoms with van der Waals surface area (Å²) in [6.07, 6.45) is 2.66. The van der Waals surface area contributed by atoms with Gasteiger partial charge in [-0.3, -0.25) is 10.2 Å². The van der Waals surface area contributed by atoms with Crippen LogP contribution in [0.25, 0.3) is 0 Å². The summed E-state index contributed by atoms with van der Waals surface area (Å²) < 4.78 is 0. The Morgan fingerprint density at radius 3 is 2.55 bits per heavy atom. The van der Waals surface area contributed by atoms with E-state index in [1.165, 1.54) is 6.20 Å². The van der Waals surface area contributed by atoms with Gasteiger partial charge in [-0.2, -0.15) is 0 Å². The van der Waals surface area contributed by atoms with Crippen molar-refractivity contribution in [2.45, 2.75) is 19.9 Å². The molecule has 2 aromatic carbocycles. The molecule has 7 heteroatoms. The van der Waals surface area contributed by atoms with Crippen molar-refractivity contribution in [2.75, 3.05) is 23.7 Å². The van der Waals surface area contributed by atoms with E-state index in [0.717, 1.165) is 41.9 Å². The Morgan fingerprint density at radius 2 is 1.90 bits per heavy atom. The van der Waals surface area contributed by atoms with Crippen molar-refractivity contribution in [3.05, 3.63) is 88.1 Å². The molecular formula is C24H24ClN5O. The van der Waals surface area contributed by atoms with Crippen LogP contribution in [0.15, 0.2) is 60.8 Å². The quantitative estimate of drug-likeness (QED) is 0.380. The molecule has 2 heterocycles. The summed E-state index contributed by atoms with van der Waals surface area (Å²) in [7, 11) is 0. The Labute approximate surface area is 186 Å². The number of nitrogens with zero attached hydrogens (tertiary/aromatic N) is 2. The van der Waals surface area contributed by atoms with Crippen molar-refractivity contribution in [2.24, 2.45) is 0 Å². The molecule has 3 aromatic rings. The molecule has 0 bridgehead atoms. The molecule has 158 valence electrons. The minimum Gasteiger partial charge on any atom is -0.380 e. The summed E-state index contributed by atoms with van der Waals surface area (Å²) >= 11 is 5.86. The van der Waals surface area contributed by atoms with E-state index >= 15 is 0 Å². The number of carbonyl (C=O) groups excluding carboxylic acids is 1. The second-order valence-electron chi connectivity index (χ2n) is 7.60. The number of rotatable bonds is 6. The number of likely N-dealkylation sites (tertiary alicyclic amines) is 1. The molecule has 0 radical (unpaired) electrons. The van der Waals surface area contributed by atoms with Crippen LogP contribution in [-0.4, -0.2) is 34.7 Å². The Kier molecular flexibility index (Phi) is 6.18. The van der Waals surface area contributed by atoms with Crippen LogP contribution in [0.2, 0.25) is 5.02 Å². The van der Waals surface area contributed by atoms with Gasteiger partial charge in [-0.25, -0.2) is 4.98 Å². The standard InChI is InChI=1S/C24H24ClN5O/c1-16-3-9-21(20(13-16)24(31)29-22-10-8-19(25)15-28-22)27-14-17-4-6-18(7-5-17)23(26)30-11-2-12-30/h3-10,13,15,26-27H,2,11-12,14H2,1H3,(H,28,29,31). The number of hydrogen-bond acceptors (Lipinski definition) is 4. The fourth-order valence-electron chi connectivity index (χ4n) is 3.33. The maximum atomic E-state index is 12.8. The van der Waals surface area contributed by atoms with Crippen LogP contribution in [0.1, 0.15) is 33.5 Å². The maximum absolute atomic E-state index is 12.8. The Hall–Kier alpha value is -3.38. The van der Waals surface area contributed by atoms with Crippen molar-refractivity contribution in [1.29, 1.82) is 5.41 Å². The molecule has 31 heavy (non-hydrogen) atoms. The first-order valence-electron chi connectivity index (χ1n) is 10.2. The molecule has 1 aliphatic heterocycles. The smallest absolute Gasteiger partial charge is 0.258 e. The number of amidine groups is 1. The fourth-order valence-corrected chi connectivity index (χ4v) is 3.45.